The number of carbonyl (C=O) groups excluding carboxylic acids is 1. The molecule has 0 amide bonds. The monoisotopic (exact) mass is 249 g/mol. The van der Waals surface area contributed by atoms with Crippen molar-refractivity contribution in [1.82, 2.24) is 0 Å². The minimum atomic E-state index is -0.309. The number of nitrogens with zero attached hydrogens (tertiary/aromatic N) is 1. The SMILES string of the molecule is N#C/C(=C/c1ccc(O)cc1)C(=O)c1ccccc1. The van der Waals surface area contributed by atoms with E-state index in [-0.39, 0.29) is 17.1 Å². The predicted molar refractivity (Wildman–Crippen MR) is 72.5 cm³/mol. The summed E-state index contributed by atoms with van der Waals surface area (Å²) < 4.78 is 0. The first-order chi connectivity index (χ1) is 9.20. The van der Waals surface area contributed by atoms with Gasteiger partial charge in [0.2, 0.25) is 5.78 Å². The molecular formula is C16H11NO2. The number of aromatic hydroxyl groups is 1. The van der Waals surface area contributed by atoms with E-state index in [2.05, 4.69) is 0 Å². The van der Waals surface area contributed by atoms with Crippen molar-refractivity contribution in [1.29, 1.82) is 5.26 Å². The summed E-state index contributed by atoms with van der Waals surface area (Å²) in [5.74, 6) is -0.166. The van der Waals surface area contributed by atoms with Crippen LogP contribution in [0.3, 0.4) is 0 Å². The Balaban J connectivity index is 2.33. The Bertz CT molecular complexity index is 649. The van der Waals surface area contributed by atoms with Crippen molar-refractivity contribution in [3.05, 3.63) is 71.3 Å². The number of phenols is 1. The molecule has 0 spiro atoms. The van der Waals surface area contributed by atoms with Gasteiger partial charge >= 0.3 is 0 Å². The lowest BCUT2D eigenvalue weighted by atomic mass is 10.0. The molecule has 0 atom stereocenters. The van der Waals surface area contributed by atoms with Gasteiger partial charge in [0.15, 0.2) is 0 Å². The zero-order valence-electron chi connectivity index (χ0n) is 10.1. The summed E-state index contributed by atoms with van der Waals surface area (Å²) in [6.07, 6.45) is 1.51. The largest absolute Gasteiger partial charge is 0.508 e. The summed E-state index contributed by atoms with van der Waals surface area (Å²) in [5.41, 5.74) is 1.24. The van der Waals surface area contributed by atoms with Crippen LogP contribution in [0, 0.1) is 11.3 Å². The van der Waals surface area contributed by atoms with Crippen molar-refractivity contribution in [2.45, 2.75) is 0 Å². The number of benzene rings is 2. The van der Waals surface area contributed by atoms with Crippen LogP contribution >= 0.6 is 0 Å². The quantitative estimate of drug-likeness (QED) is 0.516. The minimum absolute atomic E-state index is 0.0666. The molecule has 0 aliphatic heterocycles. The number of Topliss-reactive ketones (excluding diaryl/α,β-unsaturated/α-hetero) is 1. The van der Waals surface area contributed by atoms with Gasteiger partial charge in [0, 0.05) is 5.56 Å². The summed E-state index contributed by atoms with van der Waals surface area (Å²) in [6.45, 7) is 0. The number of ketones is 1. The van der Waals surface area contributed by atoms with Gasteiger partial charge in [-0.05, 0) is 23.8 Å². The third kappa shape index (κ3) is 3.08. The lowest BCUT2D eigenvalue weighted by molar-refractivity contribution is 0.104. The third-order valence-electron chi connectivity index (χ3n) is 2.61. The average Bonchev–Trinajstić information content (AvgIpc) is 2.47. The fourth-order valence-electron chi connectivity index (χ4n) is 1.63. The zero-order chi connectivity index (χ0) is 13.7. The molecule has 0 aromatic heterocycles. The van der Waals surface area contributed by atoms with Crippen LogP contribution in [0.5, 0.6) is 5.75 Å². The third-order valence-corrected chi connectivity index (χ3v) is 2.61. The van der Waals surface area contributed by atoms with E-state index in [1.165, 1.54) is 18.2 Å². The van der Waals surface area contributed by atoms with Crippen LogP contribution < -0.4 is 0 Å². The Hall–Kier alpha value is -2.86. The standard InChI is InChI=1S/C16H11NO2/c17-11-14(10-12-6-8-15(18)9-7-12)16(19)13-4-2-1-3-5-13/h1-10,18H/b14-10-. The number of phenolic OH excluding ortho intramolecular Hbond substituents is 1. The molecule has 19 heavy (non-hydrogen) atoms. The first-order valence-corrected chi connectivity index (χ1v) is 5.71. The maximum Gasteiger partial charge on any atom is 0.203 e. The van der Waals surface area contributed by atoms with Crippen LogP contribution in [0.2, 0.25) is 0 Å². The second kappa shape index (κ2) is 5.65. The Morgan fingerprint density at radius 1 is 1.05 bits per heavy atom. The van der Waals surface area contributed by atoms with E-state index in [4.69, 9.17) is 5.26 Å². The molecule has 0 saturated heterocycles. The van der Waals surface area contributed by atoms with E-state index in [1.54, 1.807) is 36.4 Å². The first-order valence-electron chi connectivity index (χ1n) is 5.71. The summed E-state index contributed by atoms with van der Waals surface area (Å²) >= 11 is 0. The molecule has 3 nitrogen and oxygen atoms in total. The Morgan fingerprint density at radius 3 is 2.26 bits per heavy atom. The lowest BCUT2D eigenvalue weighted by Crippen LogP contribution is -2.01. The second-order valence-corrected chi connectivity index (χ2v) is 3.96. The maximum absolute atomic E-state index is 12.1. The van der Waals surface area contributed by atoms with Crippen molar-refractivity contribution in [2.24, 2.45) is 0 Å². The van der Waals surface area contributed by atoms with Crippen molar-refractivity contribution in [2.75, 3.05) is 0 Å². The summed E-state index contributed by atoms with van der Waals surface area (Å²) in [4.78, 5) is 12.1. The van der Waals surface area contributed by atoms with E-state index in [0.29, 0.717) is 11.1 Å². The van der Waals surface area contributed by atoms with E-state index in [9.17, 15) is 9.90 Å². The van der Waals surface area contributed by atoms with Crippen molar-refractivity contribution in [3.63, 3.8) is 0 Å². The fraction of sp³-hybridized carbons (Fsp3) is 0. The predicted octanol–water partition coefficient (Wildman–Crippen LogP) is 3.18. The minimum Gasteiger partial charge on any atom is -0.508 e. The smallest absolute Gasteiger partial charge is 0.203 e. The zero-order valence-corrected chi connectivity index (χ0v) is 10.1. The summed E-state index contributed by atoms with van der Waals surface area (Å²) in [6, 6.07) is 16.9. The van der Waals surface area contributed by atoms with E-state index >= 15 is 0 Å². The van der Waals surface area contributed by atoms with Gasteiger partial charge < -0.3 is 5.11 Å². The van der Waals surface area contributed by atoms with E-state index < -0.39 is 0 Å². The highest BCUT2D eigenvalue weighted by molar-refractivity contribution is 6.13. The normalized spacial score (nSPS) is 10.8. The molecule has 0 aliphatic carbocycles. The maximum atomic E-state index is 12.1. The van der Waals surface area contributed by atoms with Crippen LogP contribution in [0.1, 0.15) is 15.9 Å². The van der Waals surface area contributed by atoms with Crippen LogP contribution in [0.4, 0.5) is 0 Å². The summed E-state index contributed by atoms with van der Waals surface area (Å²) in [7, 11) is 0. The molecule has 0 heterocycles. The molecule has 0 aliphatic rings. The number of allylic oxidation sites excluding steroid dienone is 1. The number of hydrogen-bond acceptors (Lipinski definition) is 3. The van der Waals surface area contributed by atoms with Crippen LogP contribution in [0.15, 0.2) is 60.2 Å². The average molecular weight is 249 g/mol. The molecule has 0 bridgehead atoms. The molecule has 3 heteroatoms. The van der Waals surface area contributed by atoms with E-state index in [1.807, 2.05) is 12.1 Å². The van der Waals surface area contributed by atoms with E-state index in [0.717, 1.165) is 0 Å². The van der Waals surface area contributed by atoms with Gasteiger partial charge in [0.25, 0.3) is 0 Å². The molecule has 2 rings (SSSR count). The lowest BCUT2D eigenvalue weighted by Gasteiger charge is -1.99. The molecule has 0 radical (unpaired) electrons. The second-order valence-electron chi connectivity index (χ2n) is 3.96. The van der Waals surface area contributed by atoms with Crippen LogP contribution in [-0.2, 0) is 0 Å². The molecule has 92 valence electrons. The van der Waals surface area contributed by atoms with Crippen molar-refractivity contribution >= 4 is 11.9 Å². The highest BCUT2D eigenvalue weighted by atomic mass is 16.3. The van der Waals surface area contributed by atoms with Gasteiger partial charge in [-0.1, -0.05) is 42.5 Å². The molecule has 2 aromatic rings. The fourth-order valence-corrected chi connectivity index (χ4v) is 1.63. The number of hydrogen-bond donors (Lipinski definition) is 1. The highest BCUT2D eigenvalue weighted by Crippen LogP contribution is 2.15. The van der Waals surface area contributed by atoms with Crippen molar-refractivity contribution < 1.29 is 9.90 Å². The molecular weight excluding hydrogens is 238 g/mol. The molecule has 0 saturated carbocycles. The van der Waals surface area contributed by atoms with Crippen LogP contribution in [0.25, 0.3) is 6.08 Å². The molecule has 0 fully saturated rings. The van der Waals surface area contributed by atoms with Gasteiger partial charge in [-0.2, -0.15) is 5.26 Å². The number of carbonyl (C=O) groups is 1. The topological polar surface area (TPSA) is 61.1 Å². The summed E-state index contributed by atoms with van der Waals surface area (Å²) in [5, 5.41) is 18.3. The highest BCUT2D eigenvalue weighted by Gasteiger charge is 2.11. The first kappa shape index (κ1) is 12.6. The van der Waals surface area contributed by atoms with Gasteiger partial charge in [-0.15, -0.1) is 0 Å². The Kier molecular flexibility index (Phi) is 3.75. The molecule has 0 unspecified atom stereocenters. The van der Waals surface area contributed by atoms with Gasteiger partial charge in [0.1, 0.15) is 17.4 Å². The number of rotatable bonds is 3. The molecule has 2 aromatic carbocycles. The molecule has 1 N–H and O–H groups in total. The van der Waals surface area contributed by atoms with Gasteiger partial charge in [-0.25, -0.2) is 0 Å². The van der Waals surface area contributed by atoms with Crippen LogP contribution in [-0.4, -0.2) is 10.9 Å². The van der Waals surface area contributed by atoms with Crippen molar-refractivity contribution in [3.8, 4) is 11.8 Å². The van der Waals surface area contributed by atoms with Gasteiger partial charge in [0.05, 0.1) is 0 Å². The number of nitriles is 1. The Morgan fingerprint density at radius 2 is 1.68 bits per heavy atom. The Labute approximate surface area is 111 Å². The van der Waals surface area contributed by atoms with Gasteiger partial charge in [-0.3, -0.25) is 4.79 Å².